The zero-order chi connectivity index (χ0) is 18.5. The molecule has 0 radical (unpaired) electrons. The molecule has 1 amide bonds. The predicted octanol–water partition coefficient (Wildman–Crippen LogP) is 4.67. The molecule has 1 heterocycles. The fourth-order valence-electron chi connectivity index (χ4n) is 2.68. The summed E-state index contributed by atoms with van der Waals surface area (Å²) in [4.78, 5) is 16.5. The largest absolute Gasteiger partial charge is 0.488 e. The molecule has 26 heavy (non-hydrogen) atoms. The van der Waals surface area contributed by atoms with Crippen molar-refractivity contribution in [1.82, 2.24) is 4.98 Å². The quantitative estimate of drug-likeness (QED) is 0.727. The highest BCUT2D eigenvalue weighted by Gasteiger charge is 2.12. The average Bonchev–Trinajstić information content (AvgIpc) is 2.63. The molecule has 5 heteroatoms. The van der Waals surface area contributed by atoms with Gasteiger partial charge in [0.1, 0.15) is 18.2 Å². The third-order valence-electron chi connectivity index (χ3n) is 3.93. The Bertz CT molecular complexity index is 886. The molecule has 3 aromatic rings. The number of amides is 1. The monoisotopic (exact) mass is 350 g/mol. The van der Waals surface area contributed by atoms with Crippen molar-refractivity contribution in [2.24, 2.45) is 0 Å². The molecule has 0 aliphatic carbocycles. The van der Waals surface area contributed by atoms with Crippen molar-refractivity contribution in [3.05, 3.63) is 89.0 Å². The molecule has 2 aromatic carbocycles. The molecule has 1 N–H and O–H groups in total. The minimum Gasteiger partial charge on any atom is -0.488 e. The van der Waals surface area contributed by atoms with Crippen LogP contribution in [0.15, 0.2) is 60.9 Å². The first-order valence-electron chi connectivity index (χ1n) is 8.23. The normalized spacial score (nSPS) is 10.4. The van der Waals surface area contributed by atoms with E-state index in [1.165, 1.54) is 24.3 Å². The standard InChI is InChI=1S/C21H19FN2O2/c1-14-10-17(21(25)24-19-7-5-18(22)6-8-19)11-15(2)20(14)26-13-16-4-3-9-23-12-16/h3-12H,13H2,1-2H3,(H,24,25). The van der Waals surface area contributed by atoms with E-state index in [2.05, 4.69) is 10.3 Å². The van der Waals surface area contributed by atoms with Crippen LogP contribution in [0.25, 0.3) is 0 Å². The summed E-state index contributed by atoms with van der Waals surface area (Å²) in [5, 5.41) is 2.76. The van der Waals surface area contributed by atoms with Gasteiger partial charge in [-0.2, -0.15) is 0 Å². The lowest BCUT2D eigenvalue weighted by Crippen LogP contribution is -2.13. The van der Waals surface area contributed by atoms with Gasteiger partial charge in [0, 0.05) is 29.2 Å². The first-order chi connectivity index (χ1) is 12.5. The van der Waals surface area contributed by atoms with E-state index in [0.717, 1.165) is 22.4 Å². The third kappa shape index (κ3) is 4.25. The Balaban J connectivity index is 1.73. The van der Waals surface area contributed by atoms with Crippen molar-refractivity contribution in [3.63, 3.8) is 0 Å². The summed E-state index contributed by atoms with van der Waals surface area (Å²) in [5.74, 6) is 0.165. The molecule has 0 saturated carbocycles. The van der Waals surface area contributed by atoms with Crippen LogP contribution >= 0.6 is 0 Å². The Kier molecular flexibility index (Phi) is 5.27. The number of hydrogen-bond acceptors (Lipinski definition) is 3. The van der Waals surface area contributed by atoms with Gasteiger partial charge in [-0.3, -0.25) is 9.78 Å². The number of halogens is 1. The van der Waals surface area contributed by atoms with E-state index in [1.54, 1.807) is 24.5 Å². The van der Waals surface area contributed by atoms with E-state index >= 15 is 0 Å². The smallest absolute Gasteiger partial charge is 0.255 e. The van der Waals surface area contributed by atoms with Crippen LogP contribution in [-0.4, -0.2) is 10.9 Å². The Labute approximate surface area is 151 Å². The lowest BCUT2D eigenvalue weighted by Gasteiger charge is -2.14. The Morgan fingerprint density at radius 3 is 2.42 bits per heavy atom. The van der Waals surface area contributed by atoms with Crippen molar-refractivity contribution in [3.8, 4) is 5.75 Å². The SMILES string of the molecule is Cc1cc(C(=O)Nc2ccc(F)cc2)cc(C)c1OCc1cccnc1. The zero-order valence-corrected chi connectivity index (χ0v) is 14.6. The van der Waals surface area contributed by atoms with Crippen LogP contribution in [0.3, 0.4) is 0 Å². The molecule has 0 fully saturated rings. The summed E-state index contributed by atoms with van der Waals surface area (Å²) < 4.78 is 18.9. The van der Waals surface area contributed by atoms with Gasteiger partial charge in [-0.1, -0.05) is 6.07 Å². The maximum absolute atomic E-state index is 13.0. The molecule has 3 rings (SSSR count). The van der Waals surface area contributed by atoms with Gasteiger partial charge in [0.2, 0.25) is 0 Å². The van der Waals surface area contributed by atoms with Crippen molar-refractivity contribution in [1.29, 1.82) is 0 Å². The zero-order valence-electron chi connectivity index (χ0n) is 14.6. The molecular weight excluding hydrogens is 331 g/mol. The number of ether oxygens (including phenoxy) is 1. The van der Waals surface area contributed by atoms with Crippen molar-refractivity contribution < 1.29 is 13.9 Å². The number of benzene rings is 2. The summed E-state index contributed by atoms with van der Waals surface area (Å²) >= 11 is 0. The number of rotatable bonds is 5. The lowest BCUT2D eigenvalue weighted by atomic mass is 10.0. The first-order valence-corrected chi connectivity index (χ1v) is 8.23. The van der Waals surface area contributed by atoms with Gasteiger partial charge < -0.3 is 10.1 Å². The number of pyridine rings is 1. The second-order valence-corrected chi connectivity index (χ2v) is 6.05. The summed E-state index contributed by atoms with van der Waals surface area (Å²) in [5.41, 5.74) is 3.79. The van der Waals surface area contributed by atoms with E-state index in [9.17, 15) is 9.18 Å². The minimum absolute atomic E-state index is 0.249. The fraction of sp³-hybridized carbons (Fsp3) is 0.143. The van der Waals surface area contributed by atoms with Gasteiger partial charge in [0.15, 0.2) is 0 Å². The van der Waals surface area contributed by atoms with Crippen LogP contribution in [0.4, 0.5) is 10.1 Å². The van der Waals surface area contributed by atoms with Gasteiger partial charge in [-0.25, -0.2) is 4.39 Å². The van der Waals surface area contributed by atoms with Gasteiger partial charge in [0.05, 0.1) is 0 Å². The summed E-state index contributed by atoms with van der Waals surface area (Å²) in [6.45, 7) is 4.22. The summed E-state index contributed by atoms with van der Waals surface area (Å²) in [7, 11) is 0. The summed E-state index contributed by atoms with van der Waals surface area (Å²) in [6.07, 6.45) is 3.48. The molecule has 1 aromatic heterocycles. The Hall–Kier alpha value is -3.21. The van der Waals surface area contributed by atoms with Crippen LogP contribution in [0.2, 0.25) is 0 Å². The molecule has 0 spiro atoms. The predicted molar refractivity (Wildman–Crippen MR) is 98.8 cm³/mol. The van der Waals surface area contributed by atoms with Crippen LogP contribution in [0, 0.1) is 19.7 Å². The maximum atomic E-state index is 13.0. The second-order valence-electron chi connectivity index (χ2n) is 6.05. The Morgan fingerprint density at radius 1 is 1.12 bits per heavy atom. The number of nitrogens with one attached hydrogen (secondary N) is 1. The van der Waals surface area contributed by atoms with Crippen molar-refractivity contribution in [2.45, 2.75) is 20.5 Å². The number of nitrogens with zero attached hydrogens (tertiary/aromatic N) is 1. The molecule has 0 aliphatic rings. The first kappa shape index (κ1) is 17.6. The molecule has 0 bridgehead atoms. The number of anilines is 1. The molecule has 0 atom stereocenters. The van der Waals surface area contributed by atoms with Gasteiger partial charge >= 0.3 is 0 Å². The van der Waals surface area contributed by atoms with Crippen LogP contribution in [0.5, 0.6) is 5.75 Å². The van der Waals surface area contributed by atoms with Crippen LogP contribution in [-0.2, 0) is 6.61 Å². The van der Waals surface area contributed by atoms with E-state index in [1.807, 2.05) is 26.0 Å². The molecule has 132 valence electrons. The topological polar surface area (TPSA) is 51.2 Å². The lowest BCUT2D eigenvalue weighted by molar-refractivity contribution is 0.102. The van der Waals surface area contributed by atoms with Crippen LogP contribution < -0.4 is 10.1 Å². The molecule has 4 nitrogen and oxygen atoms in total. The summed E-state index contributed by atoms with van der Waals surface area (Å²) in [6, 6.07) is 13.0. The van der Waals surface area contributed by atoms with E-state index in [-0.39, 0.29) is 11.7 Å². The highest BCUT2D eigenvalue weighted by atomic mass is 19.1. The Morgan fingerprint density at radius 2 is 1.81 bits per heavy atom. The number of carbonyl (C=O) groups excluding carboxylic acids is 1. The number of hydrogen-bond donors (Lipinski definition) is 1. The molecule has 0 aliphatic heterocycles. The van der Waals surface area contributed by atoms with E-state index in [4.69, 9.17) is 4.74 Å². The van der Waals surface area contributed by atoms with E-state index in [0.29, 0.717) is 17.9 Å². The molecule has 0 saturated heterocycles. The van der Waals surface area contributed by atoms with Crippen molar-refractivity contribution >= 4 is 11.6 Å². The number of carbonyl (C=O) groups is 1. The third-order valence-corrected chi connectivity index (χ3v) is 3.93. The number of aryl methyl sites for hydroxylation is 2. The maximum Gasteiger partial charge on any atom is 0.255 e. The van der Waals surface area contributed by atoms with Gasteiger partial charge in [-0.05, 0) is 67.4 Å². The number of aromatic nitrogens is 1. The van der Waals surface area contributed by atoms with E-state index < -0.39 is 0 Å². The van der Waals surface area contributed by atoms with Gasteiger partial charge in [-0.15, -0.1) is 0 Å². The van der Waals surface area contributed by atoms with Gasteiger partial charge in [0.25, 0.3) is 5.91 Å². The second kappa shape index (κ2) is 7.78. The van der Waals surface area contributed by atoms with Crippen molar-refractivity contribution in [2.75, 3.05) is 5.32 Å². The minimum atomic E-state index is -0.343. The highest BCUT2D eigenvalue weighted by Crippen LogP contribution is 2.26. The molecule has 0 unspecified atom stereocenters. The average molecular weight is 350 g/mol. The molecular formula is C21H19FN2O2. The van der Waals surface area contributed by atoms with Crippen LogP contribution in [0.1, 0.15) is 27.0 Å². The highest BCUT2D eigenvalue weighted by molar-refractivity contribution is 6.04. The fourth-order valence-corrected chi connectivity index (χ4v) is 2.68.